The highest BCUT2D eigenvalue weighted by Crippen LogP contribution is 2.31. The maximum absolute atomic E-state index is 13.4. The molecule has 2 fully saturated rings. The van der Waals surface area contributed by atoms with Crippen molar-refractivity contribution in [2.45, 2.75) is 77.0 Å². The largest absolute Gasteiger partial charge is 0.493 e. The molecule has 0 aromatic heterocycles. The normalized spacial score (nSPS) is 18.5. The van der Waals surface area contributed by atoms with Gasteiger partial charge in [-0.25, -0.2) is 0 Å². The van der Waals surface area contributed by atoms with E-state index < -0.39 is 6.04 Å². The lowest BCUT2D eigenvalue weighted by molar-refractivity contribution is -0.141. The highest BCUT2D eigenvalue weighted by molar-refractivity contribution is 5.87. The van der Waals surface area contributed by atoms with Crippen molar-refractivity contribution in [1.29, 1.82) is 0 Å². The minimum atomic E-state index is -0.423. The van der Waals surface area contributed by atoms with Crippen LogP contribution in [0.3, 0.4) is 0 Å². The van der Waals surface area contributed by atoms with E-state index in [9.17, 15) is 9.59 Å². The van der Waals surface area contributed by atoms with Crippen LogP contribution in [0.15, 0.2) is 48.5 Å². The molecule has 2 amide bonds. The smallest absolute Gasteiger partial charge is 0.242 e. The molecule has 4 rings (SSSR count). The third-order valence-corrected chi connectivity index (χ3v) is 7.26. The first-order valence-electron chi connectivity index (χ1n) is 13.0. The molecule has 1 aliphatic heterocycles. The zero-order valence-corrected chi connectivity index (χ0v) is 20.8. The van der Waals surface area contributed by atoms with Crippen molar-refractivity contribution in [1.82, 2.24) is 10.2 Å². The maximum atomic E-state index is 13.4. The first kappa shape index (κ1) is 25.1. The lowest BCUT2D eigenvalue weighted by Gasteiger charge is -2.31. The number of carbonyl (C=O) groups excluding carboxylic acids is 2. The third-order valence-electron chi connectivity index (χ3n) is 7.26. The molecule has 1 saturated heterocycles. The Balaban J connectivity index is 1.48. The van der Waals surface area contributed by atoms with E-state index in [4.69, 9.17) is 9.47 Å². The fourth-order valence-electron chi connectivity index (χ4n) is 5.22. The number of benzene rings is 2. The van der Waals surface area contributed by atoms with Gasteiger partial charge in [0.25, 0.3) is 0 Å². The standard InChI is InChI=1S/C29H38N2O4/c1-34-27-19-24(14-16-26(27)35-21-23-11-3-2-4-12-23)20-31(25-13-7-8-18-30-29(25)33)28(32)17-15-22-9-5-6-10-22/h2-4,11-12,14,16,19,22,25H,5-10,13,15,17-18,20-21H2,1H3,(H,30,33). The average molecular weight is 479 g/mol. The summed E-state index contributed by atoms with van der Waals surface area (Å²) in [5, 5.41) is 3.00. The predicted molar refractivity (Wildman–Crippen MR) is 136 cm³/mol. The first-order valence-corrected chi connectivity index (χ1v) is 13.0. The molecule has 2 aliphatic rings. The highest BCUT2D eigenvalue weighted by atomic mass is 16.5. The minimum absolute atomic E-state index is 0.0357. The summed E-state index contributed by atoms with van der Waals surface area (Å²) in [5.74, 6) is 1.97. The van der Waals surface area contributed by atoms with Gasteiger partial charge in [0.05, 0.1) is 7.11 Å². The van der Waals surface area contributed by atoms with Gasteiger partial charge in [0, 0.05) is 19.5 Å². The SMILES string of the molecule is COc1cc(CN(C(=O)CCC2CCCC2)C2CCCCNC2=O)ccc1OCc1ccccc1. The Morgan fingerprint density at radius 1 is 0.971 bits per heavy atom. The van der Waals surface area contributed by atoms with Crippen molar-refractivity contribution in [2.75, 3.05) is 13.7 Å². The summed E-state index contributed by atoms with van der Waals surface area (Å²) in [5.41, 5.74) is 2.01. The highest BCUT2D eigenvalue weighted by Gasteiger charge is 2.31. The second-order valence-electron chi connectivity index (χ2n) is 9.77. The zero-order chi connectivity index (χ0) is 24.5. The molecular weight excluding hydrogens is 440 g/mol. The summed E-state index contributed by atoms with van der Waals surface area (Å²) in [4.78, 5) is 28.1. The molecular formula is C29H38N2O4. The Labute approximate surface area is 209 Å². The van der Waals surface area contributed by atoms with Crippen LogP contribution in [0.2, 0.25) is 0 Å². The molecule has 1 saturated carbocycles. The molecule has 1 atom stereocenters. The van der Waals surface area contributed by atoms with Gasteiger partial charge in [-0.05, 0) is 54.9 Å². The number of methoxy groups -OCH3 is 1. The van der Waals surface area contributed by atoms with Crippen molar-refractivity contribution in [3.63, 3.8) is 0 Å². The summed E-state index contributed by atoms with van der Waals surface area (Å²) in [6.45, 7) is 1.52. The molecule has 35 heavy (non-hydrogen) atoms. The Morgan fingerprint density at radius 2 is 1.74 bits per heavy atom. The summed E-state index contributed by atoms with van der Waals surface area (Å²) in [6, 6.07) is 15.4. The van der Waals surface area contributed by atoms with E-state index in [1.54, 1.807) is 12.0 Å². The van der Waals surface area contributed by atoms with Gasteiger partial charge in [-0.3, -0.25) is 9.59 Å². The van der Waals surface area contributed by atoms with Gasteiger partial charge in [-0.2, -0.15) is 0 Å². The van der Waals surface area contributed by atoms with E-state index in [1.165, 1.54) is 25.7 Å². The molecule has 1 aliphatic carbocycles. The molecule has 0 radical (unpaired) electrons. The van der Waals surface area contributed by atoms with E-state index >= 15 is 0 Å². The van der Waals surface area contributed by atoms with E-state index in [0.717, 1.165) is 30.4 Å². The molecule has 2 aromatic carbocycles. The minimum Gasteiger partial charge on any atom is -0.493 e. The number of hydrogen-bond donors (Lipinski definition) is 1. The van der Waals surface area contributed by atoms with Crippen LogP contribution in [-0.2, 0) is 22.7 Å². The van der Waals surface area contributed by atoms with Crippen molar-refractivity contribution < 1.29 is 19.1 Å². The fourth-order valence-corrected chi connectivity index (χ4v) is 5.22. The lowest BCUT2D eigenvalue weighted by Crippen LogP contribution is -2.48. The summed E-state index contributed by atoms with van der Waals surface area (Å²) < 4.78 is 11.6. The van der Waals surface area contributed by atoms with Crippen LogP contribution in [0.1, 0.15) is 68.9 Å². The van der Waals surface area contributed by atoms with Crippen LogP contribution in [-0.4, -0.2) is 36.4 Å². The van der Waals surface area contributed by atoms with E-state index in [0.29, 0.717) is 50.0 Å². The number of hydrogen-bond acceptors (Lipinski definition) is 4. The van der Waals surface area contributed by atoms with Gasteiger partial charge in [-0.15, -0.1) is 0 Å². The molecule has 188 valence electrons. The van der Waals surface area contributed by atoms with Crippen LogP contribution in [0.5, 0.6) is 11.5 Å². The Kier molecular flexibility index (Phi) is 9.04. The monoisotopic (exact) mass is 478 g/mol. The first-order chi connectivity index (χ1) is 17.1. The number of amides is 2. The molecule has 2 aromatic rings. The van der Waals surface area contributed by atoms with Gasteiger partial charge >= 0.3 is 0 Å². The molecule has 1 N–H and O–H groups in total. The molecule has 0 bridgehead atoms. The topological polar surface area (TPSA) is 67.9 Å². The molecule has 0 spiro atoms. The van der Waals surface area contributed by atoms with Crippen LogP contribution < -0.4 is 14.8 Å². The zero-order valence-electron chi connectivity index (χ0n) is 20.8. The maximum Gasteiger partial charge on any atom is 0.242 e. The third kappa shape index (κ3) is 7.00. The van der Waals surface area contributed by atoms with Crippen molar-refractivity contribution in [3.8, 4) is 11.5 Å². The van der Waals surface area contributed by atoms with E-state index in [2.05, 4.69) is 5.32 Å². The van der Waals surface area contributed by atoms with Crippen LogP contribution in [0, 0.1) is 5.92 Å². The molecule has 1 heterocycles. The van der Waals surface area contributed by atoms with Crippen molar-refractivity contribution >= 4 is 11.8 Å². The summed E-state index contributed by atoms with van der Waals surface area (Å²) in [6.07, 6.45) is 8.99. The number of nitrogens with one attached hydrogen (secondary N) is 1. The lowest BCUT2D eigenvalue weighted by atomic mass is 10.00. The molecule has 1 unspecified atom stereocenters. The van der Waals surface area contributed by atoms with Gasteiger partial charge in [0.15, 0.2) is 11.5 Å². The number of rotatable bonds is 10. The van der Waals surface area contributed by atoms with Crippen LogP contribution >= 0.6 is 0 Å². The van der Waals surface area contributed by atoms with Crippen LogP contribution in [0.4, 0.5) is 0 Å². The number of carbonyl (C=O) groups is 2. The van der Waals surface area contributed by atoms with Crippen molar-refractivity contribution in [2.24, 2.45) is 5.92 Å². The average Bonchev–Trinajstić information content (AvgIpc) is 3.33. The second kappa shape index (κ2) is 12.6. The second-order valence-corrected chi connectivity index (χ2v) is 9.77. The Bertz CT molecular complexity index is 972. The predicted octanol–water partition coefficient (Wildman–Crippen LogP) is 5.24. The Morgan fingerprint density at radius 3 is 2.51 bits per heavy atom. The fraction of sp³-hybridized carbons (Fsp3) is 0.517. The molecule has 6 nitrogen and oxygen atoms in total. The van der Waals surface area contributed by atoms with Crippen LogP contribution in [0.25, 0.3) is 0 Å². The summed E-state index contributed by atoms with van der Waals surface area (Å²) in [7, 11) is 1.62. The number of ether oxygens (including phenoxy) is 2. The molecule has 6 heteroatoms. The quantitative estimate of drug-likeness (QED) is 0.507. The van der Waals surface area contributed by atoms with E-state index in [1.807, 2.05) is 48.5 Å². The summed E-state index contributed by atoms with van der Waals surface area (Å²) >= 11 is 0. The van der Waals surface area contributed by atoms with Gasteiger partial charge in [-0.1, -0.05) is 62.1 Å². The van der Waals surface area contributed by atoms with Gasteiger partial charge < -0.3 is 19.7 Å². The van der Waals surface area contributed by atoms with Crippen molar-refractivity contribution in [3.05, 3.63) is 59.7 Å². The number of nitrogens with zero attached hydrogens (tertiary/aromatic N) is 1. The van der Waals surface area contributed by atoms with Gasteiger partial charge in [0.2, 0.25) is 11.8 Å². The Hall–Kier alpha value is -3.02. The van der Waals surface area contributed by atoms with E-state index in [-0.39, 0.29) is 11.8 Å². The van der Waals surface area contributed by atoms with Gasteiger partial charge in [0.1, 0.15) is 12.6 Å².